The maximum absolute atomic E-state index is 2.86. The molecule has 0 N–H and O–H groups in total. The van der Waals surface area contributed by atoms with Gasteiger partial charge in [0, 0.05) is 50.1 Å². The summed E-state index contributed by atoms with van der Waals surface area (Å²) in [5, 5.41) is 2.69. The Morgan fingerprint density at radius 3 is 2.06 bits per heavy atom. The topological polar surface area (TPSA) is 11.4 Å². The van der Waals surface area contributed by atoms with Gasteiger partial charge in [-0.15, -0.1) is 0 Å². The van der Waals surface area contributed by atoms with E-state index in [4.69, 9.17) is 0 Å². The standard InChI is InChI=1S/C50H48BN3/c1-31-15-12-17-34(25-31)52(35-18-13-16-32(2)26-35)36-29-43-45-44(30-36)54-47-39(49(6)23-10-11-24-50(49,54)7)20-14-21-40(47)51(45)41-28-33(48(3,4)5)27-38-37-19-8-9-22-42(37)53(43)46(38)41/h8-9,12-22,25-30H,10-11,23-24H2,1-7H3. The fourth-order valence-electron chi connectivity index (χ4n) is 11.3. The Morgan fingerprint density at radius 1 is 0.648 bits per heavy atom. The van der Waals surface area contributed by atoms with Crippen molar-refractivity contribution < 1.29 is 0 Å². The van der Waals surface area contributed by atoms with Gasteiger partial charge in [-0.3, -0.25) is 0 Å². The van der Waals surface area contributed by atoms with Crippen LogP contribution in [0.3, 0.4) is 0 Å². The Bertz CT molecular complexity index is 2700. The molecule has 54 heavy (non-hydrogen) atoms. The zero-order valence-electron chi connectivity index (χ0n) is 32.7. The van der Waals surface area contributed by atoms with Gasteiger partial charge in [0.15, 0.2) is 0 Å². The van der Waals surface area contributed by atoms with Crippen LogP contribution in [0.15, 0.2) is 115 Å². The van der Waals surface area contributed by atoms with Crippen LogP contribution in [0.25, 0.3) is 27.5 Å². The average Bonchev–Trinajstić information content (AvgIpc) is 3.59. The predicted octanol–water partition coefficient (Wildman–Crippen LogP) is 11.1. The molecular weight excluding hydrogens is 653 g/mol. The fraction of sp³-hybridized carbons (Fsp3) is 0.280. The third kappa shape index (κ3) is 4.04. The Hall–Kier alpha value is -5.22. The van der Waals surface area contributed by atoms with Gasteiger partial charge in [-0.2, -0.15) is 0 Å². The molecule has 2 atom stereocenters. The van der Waals surface area contributed by atoms with E-state index in [1.54, 1.807) is 5.56 Å². The highest BCUT2D eigenvalue weighted by molar-refractivity contribution is 7.00. The Labute approximate surface area is 320 Å². The second-order valence-corrected chi connectivity index (χ2v) is 18.3. The van der Waals surface area contributed by atoms with E-state index in [9.17, 15) is 0 Å². The summed E-state index contributed by atoms with van der Waals surface area (Å²) in [4.78, 5) is 5.37. The van der Waals surface area contributed by atoms with Gasteiger partial charge in [0.25, 0.3) is 6.71 Å². The molecule has 1 aromatic heterocycles. The number of fused-ring (bicyclic) bond motifs is 10. The van der Waals surface area contributed by atoms with Gasteiger partial charge in [-0.05, 0) is 126 Å². The number of aromatic nitrogens is 1. The van der Waals surface area contributed by atoms with Crippen molar-refractivity contribution in [3.63, 3.8) is 0 Å². The first-order valence-corrected chi connectivity index (χ1v) is 20.1. The largest absolute Gasteiger partial charge is 0.335 e. The lowest BCUT2D eigenvalue weighted by atomic mass is 9.33. The van der Waals surface area contributed by atoms with Gasteiger partial charge in [0.2, 0.25) is 0 Å². The number of hydrogen-bond acceptors (Lipinski definition) is 2. The molecule has 0 spiro atoms. The van der Waals surface area contributed by atoms with Crippen LogP contribution in [-0.2, 0) is 10.8 Å². The molecule has 3 nitrogen and oxygen atoms in total. The minimum absolute atomic E-state index is 0.0121. The van der Waals surface area contributed by atoms with Crippen LogP contribution >= 0.6 is 0 Å². The molecule has 1 aliphatic carbocycles. The average molecular weight is 702 g/mol. The first-order valence-electron chi connectivity index (χ1n) is 20.1. The summed E-state index contributed by atoms with van der Waals surface area (Å²) in [6, 6.07) is 44.7. The van der Waals surface area contributed by atoms with Crippen molar-refractivity contribution in [1.82, 2.24) is 4.57 Å². The van der Waals surface area contributed by atoms with Crippen LogP contribution in [0.2, 0.25) is 0 Å². The van der Waals surface area contributed by atoms with E-state index < -0.39 is 0 Å². The first kappa shape index (κ1) is 32.2. The van der Waals surface area contributed by atoms with Crippen molar-refractivity contribution >= 4 is 73.3 Å². The van der Waals surface area contributed by atoms with E-state index in [0.717, 1.165) is 0 Å². The quantitative estimate of drug-likeness (QED) is 0.170. The molecule has 0 saturated heterocycles. The lowest BCUT2D eigenvalue weighted by Crippen LogP contribution is -2.64. The number of nitrogens with zero attached hydrogens (tertiary/aromatic N) is 3. The van der Waals surface area contributed by atoms with Crippen LogP contribution in [0.4, 0.5) is 28.4 Å². The molecule has 4 aliphatic rings. The van der Waals surface area contributed by atoms with Gasteiger partial charge in [0.05, 0.1) is 16.7 Å². The first-order chi connectivity index (χ1) is 26.0. The zero-order valence-corrected chi connectivity index (χ0v) is 32.7. The van der Waals surface area contributed by atoms with Crippen molar-refractivity contribution in [2.24, 2.45) is 0 Å². The molecule has 0 bridgehead atoms. The zero-order chi connectivity index (χ0) is 36.9. The van der Waals surface area contributed by atoms with Gasteiger partial charge >= 0.3 is 0 Å². The highest BCUT2D eigenvalue weighted by Gasteiger charge is 2.61. The summed E-state index contributed by atoms with van der Waals surface area (Å²) in [6.45, 7) is 16.8. The van der Waals surface area contributed by atoms with Gasteiger partial charge in [0.1, 0.15) is 0 Å². The van der Waals surface area contributed by atoms with Crippen molar-refractivity contribution in [2.75, 3.05) is 9.80 Å². The number of para-hydroxylation sites is 2. The van der Waals surface area contributed by atoms with E-state index in [0.29, 0.717) is 0 Å². The summed E-state index contributed by atoms with van der Waals surface area (Å²) in [5.41, 5.74) is 20.3. The van der Waals surface area contributed by atoms with Crippen molar-refractivity contribution in [3.05, 3.63) is 138 Å². The fourth-order valence-corrected chi connectivity index (χ4v) is 11.3. The van der Waals surface area contributed by atoms with Crippen molar-refractivity contribution in [3.8, 4) is 5.69 Å². The van der Waals surface area contributed by atoms with Crippen LogP contribution in [0.5, 0.6) is 0 Å². The molecule has 0 radical (unpaired) electrons. The van der Waals surface area contributed by atoms with E-state index in [1.807, 2.05) is 0 Å². The number of hydrogen-bond donors (Lipinski definition) is 0. The molecule has 1 saturated carbocycles. The smallest absolute Gasteiger partial charge is 0.252 e. The van der Waals surface area contributed by atoms with Crippen LogP contribution in [-0.4, -0.2) is 16.8 Å². The van der Waals surface area contributed by atoms with Gasteiger partial charge < -0.3 is 14.4 Å². The third-order valence-corrected chi connectivity index (χ3v) is 14.1. The van der Waals surface area contributed by atoms with Gasteiger partial charge in [-0.1, -0.05) is 107 Å². The number of rotatable bonds is 3. The molecule has 1 fully saturated rings. The molecule has 6 aromatic carbocycles. The Morgan fingerprint density at radius 2 is 1.33 bits per heavy atom. The van der Waals surface area contributed by atoms with Crippen LogP contribution in [0, 0.1) is 13.8 Å². The highest BCUT2D eigenvalue weighted by atomic mass is 15.3. The monoisotopic (exact) mass is 701 g/mol. The summed E-state index contributed by atoms with van der Waals surface area (Å²) < 4.78 is 2.64. The Kier molecular flexibility index (Phi) is 6.40. The molecule has 7 aromatic rings. The van der Waals surface area contributed by atoms with E-state index in [1.165, 1.54) is 115 Å². The summed E-state index contributed by atoms with van der Waals surface area (Å²) >= 11 is 0. The van der Waals surface area contributed by atoms with Crippen molar-refractivity contribution in [1.29, 1.82) is 0 Å². The lowest BCUT2D eigenvalue weighted by Gasteiger charge is -2.52. The number of benzene rings is 6. The molecular formula is C50H48BN3. The molecule has 266 valence electrons. The minimum Gasteiger partial charge on any atom is -0.335 e. The molecule has 11 rings (SSSR count). The molecule has 4 heteroatoms. The normalized spacial score (nSPS) is 20.6. The SMILES string of the molecule is Cc1cccc(N(c2cccc(C)c2)c2cc3c4c(c2)-n2c5ccccc5c5cc(C(C)(C)C)cc(c52)B4c2cccc4c2N3C2(C)CCCCC42C)c1. The molecule has 0 amide bonds. The number of anilines is 5. The van der Waals surface area contributed by atoms with Crippen molar-refractivity contribution in [2.45, 2.75) is 90.5 Å². The Balaban J connectivity index is 1.33. The van der Waals surface area contributed by atoms with E-state index >= 15 is 0 Å². The maximum atomic E-state index is 2.86. The third-order valence-electron chi connectivity index (χ3n) is 14.1. The number of aryl methyl sites for hydroxylation is 2. The second kappa shape index (κ2) is 10.7. The highest BCUT2D eigenvalue weighted by Crippen LogP contribution is 2.61. The summed E-state index contributed by atoms with van der Waals surface area (Å²) in [5.74, 6) is 0. The second-order valence-electron chi connectivity index (χ2n) is 18.3. The maximum Gasteiger partial charge on any atom is 0.252 e. The van der Waals surface area contributed by atoms with Crippen LogP contribution in [0.1, 0.15) is 82.6 Å². The van der Waals surface area contributed by atoms with E-state index in [2.05, 4.69) is 178 Å². The summed E-state index contributed by atoms with van der Waals surface area (Å²) in [7, 11) is 0. The van der Waals surface area contributed by atoms with Gasteiger partial charge in [-0.25, -0.2) is 0 Å². The minimum atomic E-state index is -0.0415. The molecule has 3 aliphatic heterocycles. The molecule has 4 heterocycles. The van der Waals surface area contributed by atoms with E-state index in [-0.39, 0.29) is 23.1 Å². The lowest BCUT2D eigenvalue weighted by molar-refractivity contribution is 0.195. The predicted molar refractivity (Wildman–Crippen MR) is 231 cm³/mol. The molecule has 2 unspecified atom stereocenters. The summed E-state index contributed by atoms with van der Waals surface area (Å²) in [6.07, 6.45) is 4.94. The van der Waals surface area contributed by atoms with Crippen LogP contribution < -0.4 is 26.2 Å².